The molecule has 0 spiro atoms. The Kier molecular flexibility index (Phi) is 6.11. The standard InChI is InChI=1S/C20H21N3O5/c1-13(15-4-6-16(26-2)7-5-15)22-19(24)20(25)23-21-12-14-3-8-17-18(11-14)28-10-9-27-17/h3-8,11-13H,9-10H2,1-2H3,(H,22,24)(H,23,25)/b21-12+. The molecule has 1 atom stereocenters. The van der Waals surface area contributed by atoms with E-state index in [0.717, 1.165) is 5.56 Å². The summed E-state index contributed by atoms with van der Waals surface area (Å²) in [4.78, 5) is 24.0. The molecule has 1 heterocycles. The Balaban J connectivity index is 1.52. The fraction of sp³-hybridized carbons (Fsp3) is 0.250. The third kappa shape index (κ3) is 4.79. The summed E-state index contributed by atoms with van der Waals surface area (Å²) in [6.07, 6.45) is 1.43. The van der Waals surface area contributed by atoms with Crippen LogP contribution in [0.3, 0.4) is 0 Å². The lowest BCUT2D eigenvalue weighted by atomic mass is 10.1. The van der Waals surface area contributed by atoms with Crippen molar-refractivity contribution in [2.24, 2.45) is 5.10 Å². The first-order valence-electron chi connectivity index (χ1n) is 8.74. The molecule has 146 valence electrons. The number of hydrazone groups is 1. The first-order chi connectivity index (χ1) is 13.6. The zero-order valence-corrected chi connectivity index (χ0v) is 15.6. The Morgan fingerprint density at radius 2 is 1.79 bits per heavy atom. The fourth-order valence-electron chi connectivity index (χ4n) is 2.59. The number of rotatable bonds is 5. The van der Waals surface area contributed by atoms with E-state index in [1.54, 1.807) is 44.4 Å². The summed E-state index contributed by atoms with van der Waals surface area (Å²) >= 11 is 0. The molecule has 0 bridgehead atoms. The minimum Gasteiger partial charge on any atom is -0.497 e. The van der Waals surface area contributed by atoms with Crippen molar-refractivity contribution < 1.29 is 23.8 Å². The number of hydrogen-bond acceptors (Lipinski definition) is 6. The van der Waals surface area contributed by atoms with Crippen LogP contribution >= 0.6 is 0 Å². The molecule has 3 rings (SSSR count). The second-order valence-corrected chi connectivity index (χ2v) is 6.07. The van der Waals surface area contributed by atoms with Crippen LogP contribution in [0.1, 0.15) is 24.1 Å². The maximum atomic E-state index is 12.0. The Morgan fingerprint density at radius 3 is 2.50 bits per heavy atom. The third-order valence-electron chi connectivity index (χ3n) is 4.12. The van der Waals surface area contributed by atoms with Gasteiger partial charge in [0.15, 0.2) is 11.5 Å². The number of nitrogens with zero attached hydrogens (tertiary/aromatic N) is 1. The molecular weight excluding hydrogens is 362 g/mol. The second-order valence-electron chi connectivity index (χ2n) is 6.07. The monoisotopic (exact) mass is 383 g/mol. The van der Waals surface area contributed by atoms with Crippen molar-refractivity contribution in [3.05, 3.63) is 53.6 Å². The van der Waals surface area contributed by atoms with E-state index < -0.39 is 11.8 Å². The summed E-state index contributed by atoms with van der Waals surface area (Å²) in [6.45, 7) is 2.78. The summed E-state index contributed by atoms with van der Waals surface area (Å²) in [5.74, 6) is 0.372. The first-order valence-corrected chi connectivity index (χ1v) is 8.74. The van der Waals surface area contributed by atoms with Gasteiger partial charge in [0.25, 0.3) is 0 Å². The van der Waals surface area contributed by atoms with E-state index in [0.29, 0.717) is 36.0 Å². The topological polar surface area (TPSA) is 98.2 Å². The van der Waals surface area contributed by atoms with Crippen molar-refractivity contribution in [1.29, 1.82) is 0 Å². The number of amides is 2. The van der Waals surface area contributed by atoms with Gasteiger partial charge in [0.2, 0.25) is 0 Å². The quantitative estimate of drug-likeness (QED) is 0.466. The molecule has 0 saturated carbocycles. The van der Waals surface area contributed by atoms with Crippen LogP contribution in [0.5, 0.6) is 17.2 Å². The van der Waals surface area contributed by atoms with E-state index in [1.807, 2.05) is 12.1 Å². The average molecular weight is 383 g/mol. The molecule has 28 heavy (non-hydrogen) atoms. The molecular formula is C20H21N3O5. The molecule has 1 unspecified atom stereocenters. The minimum atomic E-state index is -0.853. The van der Waals surface area contributed by atoms with Crippen LogP contribution in [0.2, 0.25) is 0 Å². The predicted molar refractivity (Wildman–Crippen MR) is 103 cm³/mol. The number of carbonyl (C=O) groups is 2. The van der Waals surface area contributed by atoms with Gasteiger partial charge in [-0.15, -0.1) is 0 Å². The van der Waals surface area contributed by atoms with Gasteiger partial charge in [-0.25, -0.2) is 5.43 Å². The van der Waals surface area contributed by atoms with Crippen molar-refractivity contribution in [1.82, 2.24) is 10.7 Å². The Bertz CT molecular complexity index is 880. The van der Waals surface area contributed by atoms with Crippen LogP contribution < -0.4 is 25.0 Å². The Labute approximate surface area is 162 Å². The van der Waals surface area contributed by atoms with Crippen molar-refractivity contribution in [3.63, 3.8) is 0 Å². The van der Waals surface area contributed by atoms with Crippen LogP contribution in [-0.4, -0.2) is 38.4 Å². The van der Waals surface area contributed by atoms with Gasteiger partial charge in [-0.1, -0.05) is 12.1 Å². The lowest BCUT2D eigenvalue weighted by Gasteiger charge is -2.18. The molecule has 0 saturated heterocycles. The number of hydrogen-bond donors (Lipinski definition) is 2. The van der Waals surface area contributed by atoms with E-state index in [1.165, 1.54) is 6.21 Å². The molecule has 2 amide bonds. The van der Waals surface area contributed by atoms with Crippen molar-refractivity contribution >= 4 is 18.0 Å². The molecule has 0 radical (unpaired) electrons. The number of ether oxygens (including phenoxy) is 3. The van der Waals surface area contributed by atoms with Gasteiger partial charge in [0, 0.05) is 0 Å². The van der Waals surface area contributed by atoms with E-state index in [9.17, 15) is 9.59 Å². The van der Waals surface area contributed by atoms with Crippen molar-refractivity contribution in [2.75, 3.05) is 20.3 Å². The summed E-state index contributed by atoms with van der Waals surface area (Å²) in [5.41, 5.74) is 3.77. The molecule has 8 nitrogen and oxygen atoms in total. The van der Waals surface area contributed by atoms with Gasteiger partial charge in [0.05, 0.1) is 19.4 Å². The predicted octanol–water partition coefficient (Wildman–Crippen LogP) is 1.79. The van der Waals surface area contributed by atoms with Gasteiger partial charge < -0.3 is 19.5 Å². The second kappa shape index (κ2) is 8.90. The highest BCUT2D eigenvalue weighted by Crippen LogP contribution is 2.30. The van der Waals surface area contributed by atoms with Crippen molar-refractivity contribution in [3.8, 4) is 17.2 Å². The average Bonchev–Trinajstić information content (AvgIpc) is 2.73. The molecule has 2 aromatic rings. The largest absolute Gasteiger partial charge is 0.497 e. The van der Waals surface area contributed by atoms with Gasteiger partial charge >= 0.3 is 11.8 Å². The highest BCUT2D eigenvalue weighted by molar-refractivity contribution is 6.35. The zero-order chi connectivity index (χ0) is 19.9. The third-order valence-corrected chi connectivity index (χ3v) is 4.12. The summed E-state index contributed by atoms with van der Waals surface area (Å²) in [7, 11) is 1.58. The highest BCUT2D eigenvalue weighted by Gasteiger charge is 2.17. The SMILES string of the molecule is COc1ccc(C(C)NC(=O)C(=O)N/N=C/c2ccc3c(c2)OCCO3)cc1. The molecule has 1 aliphatic rings. The van der Waals surface area contributed by atoms with Crippen LogP contribution in [0, 0.1) is 0 Å². The summed E-state index contributed by atoms with van der Waals surface area (Å²) in [5, 5.41) is 6.44. The van der Waals surface area contributed by atoms with Crippen LogP contribution in [0.4, 0.5) is 0 Å². The first kappa shape index (κ1) is 19.2. The molecule has 8 heteroatoms. The van der Waals surface area contributed by atoms with Crippen molar-refractivity contribution in [2.45, 2.75) is 13.0 Å². The number of methoxy groups -OCH3 is 1. The van der Waals surface area contributed by atoms with E-state index in [-0.39, 0.29) is 6.04 Å². The Morgan fingerprint density at radius 1 is 1.07 bits per heavy atom. The van der Waals surface area contributed by atoms with E-state index in [4.69, 9.17) is 14.2 Å². The summed E-state index contributed by atoms with van der Waals surface area (Å²) in [6, 6.07) is 12.2. The Hall–Kier alpha value is -3.55. The van der Waals surface area contributed by atoms with Gasteiger partial charge in [-0.2, -0.15) is 5.10 Å². The number of nitrogens with one attached hydrogen (secondary N) is 2. The van der Waals surface area contributed by atoms with E-state index >= 15 is 0 Å². The van der Waals surface area contributed by atoms with Gasteiger partial charge in [-0.05, 0) is 48.4 Å². The van der Waals surface area contributed by atoms with Gasteiger partial charge in [-0.3, -0.25) is 9.59 Å². The highest BCUT2D eigenvalue weighted by atomic mass is 16.6. The molecule has 2 aromatic carbocycles. The molecule has 0 aromatic heterocycles. The van der Waals surface area contributed by atoms with Crippen LogP contribution in [-0.2, 0) is 9.59 Å². The fourth-order valence-corrected chi connectivity index (χ4v) is 2.59. The number of fused-ring (bicyclic) bond motifs is 1. The molecule has 1 aliphatic heterocycles. The lowest BCUT2D eigenvalue weighted by Crippen LogP contribution is -2.39. The smallest absolute Gasteiger partial charge is 0.329 e. The minimum absolute atomic E-state index is 0.342. The summed E-state index contributed by atoms with van der Waals surface area (Å²) < 4.78 is 16.0. The van der Waals surface area contributed by atoms with Crippen LogP contribution in [0.25, 0.3) is 0 Å². The maximum Gasteiger partial charge on any atom is 0.329 e. The number of benzene rings is 2. The van der Waals surface area contributed by atoms with E-state index in [2.05, 4.69) is 15.8 Å². The molecule has 0 aliphatic carbocycles. The lowest BCUT2D eigenvalue weighted by molar-refractivity contribution is -0.139. The van der Waals surface area contributed by atoms with Gasteiger partial charge in [0.1, 0.15) is 19.0 Å². The zero-order valence-electron chi connectivity index (χ0n) is 15.6. The number of carbonyl (C=O) groups excluding carboxylic acids is 2. The van der Waals surface area contributed by atoms with Crippen LogP contribution in [0.15, 0.2) is 47.6 Å². The molecule has 2 N–H and O–H groups in total. The maximum absolute atomic E-state index is 12.0. The normalized spacial score (nSPS) is 13.6. The molecule has 0 fully saturated rings.